The summed E-state index contributed by atoms with van der Waals surface area (Å²) in [4.78, 5) is 2.66. The molecule has 3 rings (SSSR count). The summed E-state index contributed by atoms with van der Waals surface area (Å²) in [6.45, 7) is 6.13. The minimum Gasteiger partial charge on any atom is -0.311 e. The molecule has 2 unspecified atom stereocenters. The van der Waals surface area contributed by atoms with Crippen LogP contribution in [0, 0.1) is 0 Å². The molecule has 3 aliphatic rings. The normalized spacial score (nSPS) is 37.9. The lowest BCUT2D eigenvalue weighted by Crippen LogP contribution is -2.60. The highest BCUT2D eigenvalue weighted by atomic mass is 15.2. The summed E-state index contributed by atoms with van der Waals surface area (Å²) in [5.41, 5.74) is 0. The van der Waals surface area contributed by atoms with Crippen molar-refractivity contribution in [3.05, 3.63) is 0 Å². The summed E-state index contributed by atoms with van der Waals surface area (Å²) in [7, 11) is 0. The molecule has 0 spiro atoms. The summed E-state index contributed by atoms with van der Waals surface area (Å²) in [5, 5.41) is 3.57. The SMILES string of the molecule is CCCN1CC2CCC1CN2. The first-order valence-corrected chi connectivity index (χ1v) is 4.87. The highest BCUT2D eigenvalue weighted by molar-refractivity contribution is 4.92. The van der Waals surface area contributed by atoms with Crippen molar-refractivity contribution in [2.75, 3.05) is 19.6 Å². The molecule has 0 aromatic rings. The molecule has 0 radical (unpaired) electrons. The maximum absolute atomic E-state index is 3.57. The molecule has 0 amide bonds. The first-order chi connectivity index (χ1) is 5.40. The number of fused-ring (bicyclic) bond motifs is 3. The highest BCUT2D eigenvalue weighted by Crippen LogP contribution is 2.21. The smallest absolute Gasteiger partial charge is 0.0221 e. The molecule has 2 bridgehead atoms. The van der Waals surface area contributed by atoms with Crippen LogP contribution in [0.5, 0.6) is 0 Å². The second-order valence-corrected chi connectivity index (χ2v) is 3.83. The van der Waals surface area contributed by atoms with E-state index in [-0.39, 0.29) is 0 Å². The fourth-order valence-electron chi connectivity index (χ4n) is 2.36. The Labute approximate surface area is 69.0 Å². The van der Waals surface area contributed by atoms with E-state index < -0.39 is 0 Å². The minimum absolute atomic E-state index is 0.812. The van der Waals surface area contributed by atoms with Crippen molar-refractivity contribution in [3.63, 3.8) is 0 Å². The summed E-state index contributed by atoms with van der Waals surface area (Å²) in [6, 6.07) is 1.67. The third-order valence-corrected chi connectivity index (χ3v) is 2.97. The van der Waals surface area contributed by atoms with E-state index in [1.165, 1.54) is 38.9 Å². The fraction of sp³-hybridized carbons (Fsp3) is 1.00. The van der Waals surface area contributed by atoms with Crippen LogP contribution in [0.15, 0.2) is 0 Å². The predicted octanol–water partition coefficient (Wildman–Crippen LogP) is 0.833. The zero-order chi connectivity index (χ0) is 7.68. The quantitative estimate of drug-likeness (QED) is 0.634. The largest absolute Gasteiger partial charge is 0.311 e. The van der Waals surface area contributed by atoms with E-state index in [4.69, 9.17) is 0 Å². The third-order valence-electron chi connectivity index (χ3n) is 2.97. The van der Waals surface area contributed by atoms with Crippen molar-refractivity contribution < 1.29 is 0 Å². The van der Waals surface area contributed by atoms with Crippen molar-refractivity contribution in [2.45, 2.75) is 38.3 Å². The van der Waals surface area contributed by atoms with Crippen LogP contribution in [0.3, 0.4) is 0 Å². The molecule has 3 aliphatic heterocycles. The van der Waals surface area contributed by atoms with Gasteiger partial charge < -0.3 is 5.32 Å². The summed E-state index contributed by atoms with van der Waals surface area (Å²) >= 11 is 0. The molecule has 2 nitrogen and oxygen atoms in total. The van der Waals surface area contributed by atoms with Crippen LogP contribution in [0.25, 0.3) is 0 Å². The van der Waals surface area contributed by atoms with E-state index in [0.29, 0.717) is 0 Å². The van der Waals surface area contributed by atoms with Gasteiger partial charge in [-0.3, -0.25) is 4.90 Å². The van der Waals surface area contributed by atoms with E-state index in [2.05, 4.69) is 17.1 Å². The lowest BCUT2D eigenvalue weighted by Gasteiger charge is -2.45. The molecule has 2 atom stereocenters. The summed E-state index contributed by atoms with van der Waals surface area (Å²) < 4.78 is 0. The molecular formula is C9H18N2. The lowest BCUT2D eigenvalue weighted by atomic mass is 9.93. The van der Waals surface area contributed by atoms with Crippen molar-refractivity contribution in [1.82, 2.24) is 10.2 Å². The van der Waals surface area contributed by atoms with E-state index in [1.807, 2.05) is 0 Å². The minimum atomic E-state index is 0.812. The van der Waals surface area contributed by atoms with Crippen LogP contribution in [0.4, 0.5) is 0 Å². The van der Waals surface area contributed by atoms with E-state index in [9.17, 15) is 0 Å². The third kappa shape index (κ3) is 1.42. The molecule has 3 saturated heterocycles. The predicted molar refractivity (Wildman–Crippen MR) is 46.7 cm³/mol. The number of nitrogens with zero attached hydrogens (tertiary/aromatic N) is 1. The average Bonchev–Trinajstić information content (AvgIpc) is 2.07. The van der Waals surface area contributed by atoms with Crippen molar-refractivity contribution >= 4 is 0 Å². The van der Waals surface area contributed by atoms with Crippen LogP contribution in [0.1, 0.15) is 26.2 Å². The molecule has 3 heterocycles. The molecule has 1 N–H and O–H groups in total. The molecule has 64 valence electrons. The average molecular weight is 154 g/mol. The van der Waals surface area contributed by atoms with Gasteiger partial charge >= 0.3 is 0 Å². The van der Waals surface area contributed by atoms with Crippen LogP contribution in [-0.4, -0.2) is 36.6 Å². The number of piperazine rings is 1. The highest BCUT2D eigenvalue weighted by Gasteiger charge is 2.32. The second-order valence-electron chi connectivity index (χ2n) is 3.83. The first kappa shape index (κ1) is 7.56. The van der Waals surface area contributed by atoms with Crippen LogP contribution in [0.2, 0.25) is 0 Å². The molecule has 3 fully saturated rings. The van der Waals surface area contributed by atoms with E-state index in [0.717, 1.165) is 12.1 Å². The standard InChI is InChI=1S/C9H18N2/c1-2-5-11-7-8-3-4-9(11)6-10-8/h8-10H,2-7H2,1H3. The van der Waals surface area contributed by atoms with Gasteiger partial charge in [-0.1, -0.05) is 6.92 Å². The lowest BCUT2D eigenvalue weighted by molar-refractivity contribution is 0.0755. The Bertz CT molecular complexity index is 128. The zero-order valence-electron chi connectivity index (χ0n) is 7.34. The van der Waals surface area contributed by atoms with Gasteiger partial charge in [0.25, 0.3) is 0 Å². The number of rotatable bonds is 2. The Morgan fingerprint density at radius 1 is 1.45 bits per heavy atom. The summed E-state index contributed by atoms with van der Waals surface area (Å²) in [6.07, 6.45) is 4.14. The number of piperidine rings is 2. The number of nitrogens with one attached hydrogen (secondary N) is 1. The second kappa shape index (κ2) is 3.11. The van der Waals surface area contributed by atoms with Gasteiger partial charge in [0.2, 0.25) is 0 Å². The summed E-state index contributed by atoms with van der Waals surface area (Å²) in [5.74, 6) is 0. The number of hydrogen-bond acceptors (Lipinski definition) is 2. The Hall–Kier alpha value is -0.0800. The van der Waals surface area contributed by atoms with E-state index in [1.54, 1.807) is 0 Å². The van der Waals surface area contributed by atoms with Gasteiger partial charge in [0.15, 0.2) is 0 Å². The van der Waals surface area contributed by atoms with Gasteiger partial charge in [0.1, 0.15) is 0 Å². The van der Waals surface area contributed by atoms with E-state index >= 15 is 0 Å². The molecule has 2 heteroatoms. The zero-order valence-corrected chi connectivity index (χ0v) is 7.34. The monoisotopic (exact) mass is 154 g/mol. The topological polar surface area (TPSA) is 15.3 Å². The van der Waals surface area contributed by atoms with Gasteiger partial charge in [-0.25, -0.2) is 0 Å². The molecule has 0 aromatic carbocycles. The fourth-order valence-corrected chi connectivity index (χ4v) is 2.36. The van der Waals surface area contributed by atoms with Gasteiger partial charge in [-0.05, 0) is 25.8 Å². The van der Waals surface area contributed by atoms with Crippen LogP contribution >= 0.6 is 0 Å². The number of hydrogen-bond donors (Lipinski definition) is 1. The molecular weight excluding hydrogens is 136 g/mol. The Morgan fingerprint density at radius 2 is 2.36 bits per heavy atom. The van der Waals surface area contributed by atoms with Crippen molar-refractivity contribution in [3.8, 4) is 0 Å². The van der Waals surface area contributed by atoms with Gasteiger partial charge in [-0.2, -0.15) is 0 Å². The molecule has 0 aliphatic carbocycles. The molecule has 11 heavy (non-hydrogen) atoms. The molecule has 0 aromatic heterocycles. The van der Waals surface area contributed by atoms with Gasteiger partial charge in [0, 0.05) is 25.2 Å². The maximum Gasteiger partial charge on any atom is 0.0221 e. The van der Waals surface area contributed by atoms with Gasteiger partial charge in [0.05, 0.1) is 0 Å². The van der Waals surface area contributed by atoms with Crippen LogP contribution in [-0.2, 0) is 0 Å². The Balaban J connectivity index is 1.92. The van der Waals surface area contributed by atoms with Crippen LogP contribution < -0.4 is 5.32 Å². The Morgan fingerprint density at radius 3 is 2.82 bits per heavy atom. The van der Waals surface area contributed by atoms with Gasteiger partial charge in [-0.15, -0.1) is 0 Å². The van der Waals surface area contributed by atoms with Crippen molar-refractivity contribution in [2.24, 2.45) is 0 Å². The maximum atomic E-state index is 3.57. The molecule has 0 saturated carbocycles. The Kier molecular flexibility index (Phi) is 2.14. The van der Waals surface area contributed by atoms with Crippen molar-refractivity contribution in [1.29, 1.82) is 0 Å². The first-order valence-electron chi connectivity index (χ1n) is 4.87.